The van der Waals surface area contributed by atoms with Gasteiger partial charge in [-0.2, -0.15) is 0 Å². The fourth-order valence-corrected chi connectivity index (χ4v) is 3.81. The van der Waals surface area contributed by atoms with E-state index in [1.807, 2.05) is 18.2 Å². The lowest BCUT2D eigenvalue weighted by molar-refractivity contribution is -0.0209. The normalized spacial score (nSPS) is 31.2. The van der Waals surface area contributed by atoms with Crippen LogP contribution in [0.15, 0.2) is 30.3 Å². The number of carbonyl (C=O) groups is 1. The van der Waals surface area contributed by atoms with Crippen molar-refractivity contribution in [3.8, 4) is 0 Å². The molecule has 2 saturated heterocycles. The summed E-state index contributed by atoms with van der Waals surface area (Å²) >= 11 is 0. The molecular formula is C19H28N2O4. The van der Waals surface area contributed by atoms with E-state index in [1.165, 1.54) is 0 Å². The van der Waals surface area contributed by atoms with Crippen molar-refractivity contribution < 1.29 is 19.7 Å². The Morgan fingerprint density at radius 3 is 2.56 bits per heavy atom. The van der Waals surface area contributed by atoms with Crippen LogP contribution < -0.4 is 5.32 Å². The topological polar surface area (TPSA) is 82.0 Å². The Morgan fingerprint density at radius 2 is 1.92 bits per heavy atom. The van der Waals surface area contributed by atoms with Gasteiger partial charge in [-0.1, -0.05) is 25.1 Å². The van der Waals surface area contributed by atoms with Crippen molar-refractivity contribution in [1.29, 1.82) is 0 Å². The number of hydrogen-bond acceptors (Lipinski definition) is 5. The number of ether oxygens (including phenoxy) is 1. The maximum Gasteiger partial charge on any atom is 0.251 e. The molecule has 0 spiro atoms. The number of carbonyl (C=O) groups excluding carboxylic acids is 1. The Balaban J connectivity index is 1.64. The molecule has 0 aromatic heterocycles. The second-order valence-corrected chi connectivity index (χ2v) is 7.17. The summed E-state index contributed by atoms with van der Waals surface area (Å²) in [6.07, 6.45) is 0.528. The molecule has 2 aliphatic rings. The second-order valence-electron chi connectivity index (χ2n) is 7.17. The molecule has 138 valence electrons. The molecule has 3 N–H and O–H groups in total. The molecule has 0 aliphatic carbocycles. The van der Waals surface area contributed by atoms with Crippen LogP contribution in [0, 0.1) is 5.92 Å². The van der Waals surface area contributed by atoms with Gasteiger partial charge in [0, 0.05) is 12.1 Å². The average Bonchev–Trinajstić information content (AvgIpc) is 2.97. The monoisotopic (exact) mass is 348 g/mol. The third kappa shape index (κ3) is 4.20. The first-order valence-corrected chi connectivity index (χ1v) is 9.12. The molecule has 25 heavy (non-hydrogen) atoms. The first kappa shape index (κ1) is 18.3. The van der Waals surface area contributed by atoms with E-state index in [9.17, 15) is 15.0 Å². The Morgan fingerprint density at radius 1 is 1.24 bits per heavy atom. The first-order valence-electron chi connectivity index (χ1n) is 9.12. The zero-order chi connectivity index (χ0) is 17.8. The Labute approximate surface area is 148 Å². The van der Waals surface area contributed by atoms with Crippen LogP contribution in [-0.2, 0) is 4.74 Å². The van der Waals surface area contributed by atoms with Crippen LogP contribution in [0.2, 0.25) is 0 Å². The SMILES string of the molecule is CC1CCN([C@H]2[C@H](O)[C@H](CO)O[C@@H]2CNC(=O)c2ccccc2)CC1. The number of likely N-dealkylation sites (tertiary alicyclic amines) is 1. The highest BCUT2D eigenvalue weighted by Gasteiger charge is 2.46. The molecule has 0 radical (unpaired) electrons. The maximum atomic E-state index is 12.3. The van der Waals surface area contributed by atoms with Gasteiger partial charge in [0.15, 0.2) is 0 Å². The third-order valence-corrected chi connectivity index (χ3v) is 5.38. The number of aliphatic hydroxyl groups is 2. The lowest BCUT2D eigenvalue weighted by Crippen LogP contribution is -2.53. The molecule has 1 aromatic carbocycles. The summed E-state index contributed by atoms with van der Waals surface area (Å²) in [6, 6.07) is 8.85. The lowest BCUT2D eigenvalue weighted by Gasteiger charge is -2.38. The van der Waals surface area contributed by atoms with E-state index in [1.54, 1.807) is 12.1 Å². The molecule has 2 fully saturated rings. The van der Waals surface area contributed by atoms with E-state index in [0.29, 0.717) is 18.0 Å². The van der Waals surface area contributed by atoms with Crippen molar-refractivity contribution >= 4 is 5.91 Å². The summed E-state index contributed by atoms with van der Waals surface area (Å²) in [5, 5.41) is 23.0. The van der Waals surface area contributed by atoms with Crippen LogP contribution in [0.25, 0.3) is 0 Å². The maximum absolute atomic E-state index is 12.3. The van der Waals surface area contributed by atoms with E-state index >= 15 is 0 Å². The van der Waals surface area contributed by atoms with Crippen LogP contribution >= 0.6 is 0 Å². The zero-order valence-electron chi connectivity index (χ0n) is 14.7. The molecule has 6 heteroatoms. The van der Waals surface area contributed by atoms with Crippen molar-refractivity contribution in [2.75, 3.05) is 26.2 Å². The summed E-state index contributed by atoms with van der Waals surface area (Å²) in [6.45, 7) is 4.16. The fraction of sp³-hybridized carbons (Fsp3) is 0.632. The standard InChI is InChI=1S/C19H28N2O4/c1-13-7-9-21(10-8-13)17-15(25-16(12-22)18(17)23)11-20-19(24)14-5-3-2-4-6-14/h2-6,13,15-18,22-23H,7-12H2,1H3,(H,20,24)/t15-,16+,17-,18-/m1/s1. The van der Waals surface area contributed by atoms with E-state index < -0.39 is 12.2 Å². The summed E-state index contributed by atoms with van der Waals surface area (Å²) in [5.41, 5.74) is 0.600. The summed E-state index contributed by atoms with van der Waals surface area (Å²) in [4.78, 5) is 14.5. The molecule has 1 aromatic rings. The van der Waals surface area contributed by atoms with Crippen LogP contribution in [0.5, 0.6) is 0 Å². The minimum Gasteiger partial charge on any atom is -0.394 e. The van der Waals surface area contributed by atoms with Gasteiger partial charge in [0.1, 0.15) is 12.2 Å². The molecule has 1 amide bonds. The largest absolute Gasteiger partial charge is 0.394 e. The predicted molar refractivity (Wildman–Crippen MR) is 94.3 cm³/mol. The van der Waals surface area contributed by atoms with E-state index in [0.717, 1.165) is 25.9 Å². The Bertz CT molecular complexity index is 560. The predicted octanol–water partition coefficient (Wildman–Crippen LogP) is 0.638. The van der Waals surface area contributed by atoms with Gasteiger partial charge in [-0.3, -0.25) is 9.69 Å². The number of rotatable bonds is 5. The summed E-state index contributed by atoms with van der Waals surface area (Å²) in [7, 11) is 0. The number of benzene rings is 1. The number of nitrogens with one attached hydrogen (secondary N) is 1. The Kier molecular flexibility index (Phi) is 6.06. The van der Waals surface area contributed by atoms with Crippen LogP contribution in [0.4, 0.5) is 0 Å². The molecule has 0 saturated carbocycles. The highest BCUT2D eigenvalue weighted by atomic mass is 16.5. The van der Waals surface area contributed by atoms with E-state index in [2.05, 4.69) is 17.1 Å². The molecule has 4 atom stereocenters. The van der Waals surface area contributed by atoms with Crippen LogP contribution in [0.1, 0.15) is 30.1 Å². The Hall–Kier alpha value is -1.47. The van der Waals surface area contributed by atoms with Crippen molar-refractivity contribution in [2.24, 2.45) is 5.92 Å². The molecule has 0 unspecified atom stereocenters. The molecule has 6 nitrogen and oxygen atoms in total. The van der Waals surface area contributed by atoms with Gasteiger partial charge >= 0.3 is 0 Å². The second kappa shape index (κ2) is 8.27. The smallest absolute Gasteiger partial charge is 0.251 e. The molecule has 2 heterocycles. The zero-order valence-corrected chi connectivity index (χ0v) is 14.7. The minimum atomic E-state index is -0.739. The number of amides is 1. The van der Waals surface area contributed by atoms with Gasteiger partial charge in [0.05, 0.1) is 18.8 Å². The van der Waals surface area contributed by atoms with Gasteiger partial charge in [-0.15, -0.1) is 0 Å². The number of aliphatic hydroxyl groups excluding tert-OH is 2. The molecule has 2 aliphatic heterocycles. The van der Waals surface area contributed by atoms with Crippen molar-refractivity contribution in [1.82, 2.24) is 10.2 Å². The quantitative estimate of drug-likeness (QED) is 0.727. The number of nitrogens with zero attached hydrogens (tertiary/aromatic N) is 1. The number of hydrogen-bond donors (Lipinski definition) is 3. The average molecular weight is 348 g/mol. The highest BCUT2D eigenvalue weighted by Crippen LogP contribution is 2.29. The fourth-order valence-electron chi connectivity index (χ4n) is 3.81. The van der Waals surface area contributed by atoms with Gasteiger partial charge in [-0.25, -0.2) is 0 Å². The first-order chi connectivity index (χ1) is 12.1. The van der Waals surface area contributed by atoms with Gasteiger partial charge in [0.25, 0.3) is 5.91 Å². The lowest BCUT2D eigenvalue weighted by atomic mass is 9.94. The van der Waals surface area contributed by atoms with Gasteiger partial charge < -0.3 is 20.3 Å². The van der Waals surface area contributed by atoms with E-state index in [4.69, 9.17) is 4.74 Å². The molecule has 0 bridgehead atoms. The molecular weight excluding hydrogens is 320 g/mol. The van der Waals surface area contributed by atoms with Crippen LogP contribution in [0.3, 0.4) is 0 Å². The van der Waals surface area contributed by atoms with E-state index in [-0.39, 0.29) is 24.7 Å². The van der Waals surface area contributed by atoms with Crippen molar-refractivity contribution in [3.05, 3.63) is 35.9 Å². The molecule has 3 rings (SSSR count). The summed E-state index contributed by atoms with van der Waals surface area (Å²) in [5.74, 6) is 0.540. The minimum absolute atomic E-state index is 0.155. The van der Waals surface area contributed by atoms with Crippen molar-refractivity contribution in [2.45, 2.75) is 44.1 Å². The highest BCUT2D eigenvalue weighted by molar-refractivity contribution is 5.94. The van der Waals surface area contributed by atoms with Crippen LogP contribution in [-0.4, -0.2) is 71.6 Å². The number of piperidine rings is 1. The van der Waals surface area contributed by atoms with Crippen molar-refractivity contribution in [3.63, 3.8) is 0 Å². The third-order valence-electron chi connectivity index (χ3n) is 5.38. The van der Waals surface area contributed by atoms with Gasteiger partial charge in [0.2, 0.25) is 0 Å². The summed E-state index contributed by atoms with van der Waals surface area (Å²) < 4.78 is 5.85. The van der Waals surface area contributed by atoms with Gasteiger partial charge in [-0.05, 0) is 44.0 Å².